The third-order valence-corrected chi connectivity index (χ3v) is 5.91. The molecule has 0 heterocycles. The van der Waals surface area contributed by atoms with Crippen LogP contribution in [0.1, 0.15) is 81.5 Å². The molecule has 0 aliphatic heterocycles. The highest BCUT2D eigenvalue weighted by Gasteiger charge is 2.33. The van der Waals surface area contributed by atoms with Crippen molar-refractivity contribution >= 4 is 17.8 Å². The van der Waals surface area contributed by atoms with Gasteiger partial charge in [0.15, 0.2) is 6.61 Å². The molecule has 0 radical (unpaired) electrons. The molecule has 6 nitrogen and oxygen atoms in total. The van der Waals surface area contributed by atoms with Crippen molar-refractivity contribution < 1.29 is 23.9 Å². The molecule has 2 fully saturated rings. The van der Waals surface area contributed by atoms with Crippen LogP contribution in [0, 0.1) is 0 Å². The zero-order chi connectivity index (χ0) is 20.6. The standard InChI is InChI=1S/C23H31NO5/c1-17(25)29-21-15-9-8-14-20(21)23(27)28-16-22(26)24(18-10-4-2-5-11-18)19-12-6-3-7-13-19/h8-9,14-15,18-19H,2-7,10-13,16H2,1H3. The SMILES string of the molecule is CC(=O)Oc1ccccc1C(=O)OCC(=O)N(C1CCCCC1)C1CCCCC1. The van der Waals surface area contributed by atoms with Gasteiger partial charge >= 0.3 is 11.9 Å². The Morgan fingerprint density at radius 1 is 0.897 bits per heavy atom. The number of nitrogens with zero attached hydrogens (tertiary/aromatic N) is 1. The number of hydrogen-bond donors (Lipinski definition) is 0. The Morgan fingerprint density at radius 2 is 1.45 bits per heavy atom. The van der Waals surface area contributed by atoms with Crippen LogP contribution in [0.25, 0.3) is 0 Å². The molecule has 0 atom stereocenters. The van der Waals surface area contributed by atoms with Gasteiger partial charge in [0, 0.05) is 19.0 Å². The van der Waals surface area contributed by atoms with E-state index in [0.717, 1.165) is 51.4 Å². The van der Waals surface area contributed by atoms with Gasteiger partial charge in [-0.15, -0.1) is 0 Å². The average Bonchev–Trinajstić information content (AvgIpc) is 2.74. The van der Waals surface area contributed by atoms with Crippen LogP contribution >= 0.6 is 0 Å². The molecule has 0 N–H and O–H groups in total. The van der Waals surface area contributed by atoms with Crippen molar-refractivity contribution in [3.05, 3.63) is 29.8 Å². The molecule has 29 heavy (non-hydrogen) atoms. The highest BCUT2D eigenvalue weighted by atomic mass is 16.5. The molecule has 2 aliphatic carbocycles. The third-order valence-electron chi connectivity index (χ3n) is 5.91. The van der Waals surface area contributed by atoms with Gasteiger partial charge in [0.1, 0.15) is 11.3 Å². The lowest BCUT2D eigenvalue weighted by atomic mass is 9.88. The van der Waals surface area contributed by atoms with Crippen LogP contribution in [0.2, 0.25) is 0 Å². The number of esters is 2. The Bertz CT molecular complexity index is 702. The van der Waals surface area contributed by atoms with E-state index in [1.807, 2.05) is 4.90 Å². The van der Waals surface area contributed by atoms with Gasteiger partial charge in [-0.1, -0.05) is 50.7 Å². The number of carbonyl (C=O) groups excluding carboxylic acids is 3. The number of para-hydroxylation sites is 1. The molecule has 1 aromatic carbocycles. The molecule has 0 spiro atoms. The fourth-order valence-electron chi connectivity index (χ4n) is 4.58. The largest absolute Gasteiger partial charge is 0.452 e. The summed E-state index contributed by atoms with van der Waals surface area (Å²) in [4.78, 5) is 38.9. The van der Waals surface area contributed by atoms with Crippen molar-refractivity contribution in [2.24, 2.45) is 0 Å². The van der Waals surface area contributed by atoms with E-state index < -0.39 is 11.9 Å². The van der Waals surface area contributed by atoms with Crippen LogP contribution in [0.15, 0.2) is 24.3 Å². The second-order valence-corrected chi connectivity index (χ2v) is 8.05. The summed E-state index contributed by atoms with van der Waals surface area (Å²) in [5, 5.41) is 0. The smallest absolute Gasteiger partial charge is 0.342 e. The molecule has 1 aromatic rings. The predicted octanol–water partition coefficient (Wildman–Crippen LogP) is 4.26. The van der Waals surface area contributed by atoms with Crippen LogP contribution in [-0.4, -0.2) is 41.4 Å². The zero-order valence-electron chi connectivity index (χ0n) is 17.2. The molecule has 2 saturated carbocycles. The van der Waals surface area contributed by atoms with E-state index in [9.17, 15) is 14.4 Å². The highest BCUT2D eigenvalue weighted by Crippen LogP contribution is 2.30. The van der Waals surface area contributed by atoms with E-state index in [4.69, 9.17) is 9.47 Å². The predicted molar refractivity (Wildman–Crippen MR) is 109 cm³/mol. The topological polar surface area (TPSA) is 72.9 Å². The number of carbonyl (C=O) groups is 3. The maximum atomic E-state index is 13.1. The van der Waals surface area contributed by atoms with Gasteiger partial charge in [-0.3, -0.25) is 9.59 Å². The first-order valence-electron chi connectivity index (χ1n) is 10.8. The molecular weight excluding hydrogens is 370 g/mol. The van der Waals surface area contributed by atoms with Gasteiger partial charge in [0.2, 0.25) is 0 Å². The normalized spacial score (nSPS) is 18.1. The summed E-state index contributed by atoms with van der Waals surface area (Å²) >= 11 is 0. The van der Waals surface area contributed by atoms with E-state index in [0.29, 0.717) is 0 Å². The van der Waals surface area contributed by atoms with Crippen molar-refractivity contribution in [1.29, 1.82) is 0 Å². The first-order valence-corrected chi connectivity index (χ1v) is 10.8. The Morgan fingerprint density at radius 3 is 2.00 bits per heavy atom. The Labute approximate surface area is 172 Å². The summed E-state index contributed by atoms with van der Waals surface area (Å²) in [7, 11) is 0. The Kier molecular flexibility index (Phi) is 7.67. The molecule has 1 amide bonds. The fraction of sp³-hybridized carbons (Fsp3) is 0.609. The highest BCUT2D eigenvalue weighted by molar-refractivity contribution is 5.94. The van der Waals surface area contributed by atoms with E-state index in [1.54, 1.807) is 12.1 Å². The van der Waals surface area contributed by atoms with Gasteiger partial charge in [-0.2, -0.15) is 0 Å². The van der Waals surface area contributed by atoms with Crippen LogP contribution < -0.4 is 4.74 Å². The lowest BCUT2D eigenvalue weighted by molar-refractivity contribution is -0.141. The van der Waals surface area contributed by atoms with Crippen molar-refractivity contribution in [2.45, 2.75) is 83.2 Å². The summed E-state index contributed by atoms with van der Waals surface area (Å²) in [6.07, 6.45) is 11.2. The number of benzene rings is 1. The maximum Gasteiger partial charge on any atom is 0.342 e. The van der Waals surface area contributed by atoms with Crippen LogP contribution in [-0.2, 0) is 14.3 Å². The Balaban J connectivity index is 1.66. The first kappa shape index (κ1) is 21.3. The first-order chi connectivity index (χ1) is 14.1. The van der Waals surface area contributed by atoms with Crippen molar-refractivity contribution in [1.82, 2.24) is 4.90 Å². The van der Waals surface area contributed by atoms with E-state index in [-0.39, 0.29) is 35.9 Å². The van der Waals surface area contributed by atoms with Gasteiger partial charge in [-0.25, -0.2) is 4.79 Å². The van der Waals surface area contributed by atoms with Crippen LogP contribution in [0.5, 0.6) is 5.75 Å². The molecule has 3 rings (SSSR count). The summed E-state index contributed by atoms with van der Waals surface area (Å²) in [5.74, 6) is -1.12. The van der Waals surface area contributed by atoms with Gasteiger partial charge in [-0.05, 0) is 37.8 Å². The second-order valence-electron chi connectivity index (χ2n) is 8.05. The zero-order valence-corrected chi connectivity index (χ0v) is 17.2. The van der Waals surface area contributed by atoms with Gasteiger partial charge < -0.3 is 14.4 Å². The molecular formula is C23H31NO5. The van der Waals surface area contributed by atoms with Gasteiger partial charge in [0.25, 0.3) is 5.91 Å². The maximum absolute atomic E-state index is 13.1. The molecule has 0 saturated heterocycles. The van der Waals surface area contributed by atoms with Crippen LogP contribution in [0.3, 0.4) is 0 Å². The van der Waals surface area contributed by atoms with E-state index in [1.165, 1.54) is 31.9 Å². The minimum atomic E-state index is -0.651. The molecule has 6 heteroatoms. The quantitative estimate of drug-likeness (QED) is 0.526. The Hall–Kier alpha value is -2.37. The lowest BCUT2D eigenvalue weighted by Crippen LogP contribution is -2.50. The molecule has 158 valence electrons. The summed E-state index contributed by atoms with van der Waals surface area (Å²) in [5.41, 5.74) is 0.150. The second kappa shape index (κ2) is 10.4. The molecule has 0 aromatic heterocycles. The molecule has 0 unspecified atom stereocenters. The van der Waals surface area contributed by atoms with E-state index in [2.05, 4.69) is 0 Å². The third kappa shape index (κ3) is 5.81. The van der Waals surface area contributed by atoms with E-state index >= 15 is 0 Å². The number of ether oxygens (including phenoxy) is 2. The molecule has 2 aliphatic rings. The summed E-state index contributed by atoms with van der Waals surface area (Å²) in [6, 6.07) is 6.93. The fourth-order valence-corrected chi connectivity index (χ4v) is 4.58. The molecule has 0 bridgehead atoms. The lowest BCUT2D eigenvalue weighted by Gasteiger charge is -2.41. The van der Waals surface area contributed by atoms with Crippen molar-refractivity contribution in [3.8, 4) is 5.75 Å². The van der Waals surface area contributed by atoms with Gasteiger partial charge in [0.05, 0.1) is 0 Å². The minimum absolute atomic E-state index is 0.109. The number of amides is 1. The minimum Gasteiger partial charge on any atom is -0.452 e. The average molecular weight is 402 g/mol. The van der Waals surface area contributed by atoms with Crippen molar-refractivity contribution in [3.63, 3.8) is 0 Å². The number of rotatable bonds is 6. The summed E-state index contributed by atoms with van der Waals surface area (Å²) < 4.78 is 10.4. The van der Waals surface area contributed by atoms with Crippen LogP contribution in [0.4, 0.5) is 0 Å². The number of hydrogen-bond acceptors (Lipinski definition) is 5. The summed E-state index contributed by atoms with van der Waals surface area (Å²) in [6.45, 7) is 0.998. The van der Waals surface area contributed by atoms with Crippen molar-refractivity contribution in [2.75, 3.05) is 6.61 Å². The monoisotopic (exact) mass is 401 g/mol.